The summed E-state index contributed by atoms with van der Waals surface area (Å²) < 4.78 is 0. The lowest BCUT2D eigenvalue weighted by Gasteiger charge is -2.33. The van der Waals surface area contributed by atoms with Crippen molar-refractivity contribution in [2.45, 2.75) is 70.9 Å². The van der Waals surface area contributed by atoms with Gasteiger partial charge in [0.2, 0.25) is 0 Å². The molecular formula is C31H39N3. The van der Waals surface area contributed by atoms with Crippen LogP contribution in [0.5, 0.6) is 0 Å². The monoisotopic (exact) mass is 453 g/mol. The summed E-state index contributed by atoms with van der Waals surface area (Å²) >= 11 is 0. The zero-order chi connectivity index (χ0) is 23.8. The third-order valence-corrected chi connectivity index (χ3v) is 7.44. The van der Waals surface area contributed by atoms with Crippen LogP contribution in [0.1, 0.15) is 63.5 Å². The lowest BCUT2D eigenvalue weighted by Crippen LogP contribution is -2.38. The van der Waals surface area contributed by atoms with Crippen molar-refractivity contribution in [2.24, 2.45) is 0 Å². The maximum atomic E-state index is 8.95. The molecule has 0 radical (unpaired) electrons. The Labute approximate surface area is 205 Å². The van der Waals surface area contributed by atoms with Gasteiger partial charge in [0.05, 0.1) is 11.6 Å². The second-order valence-corrected chi connectivity index (χ2v) is 10.1. The minimum atomic E-state index is 0.701. The van der Waals surface area contributed by atoms with E-state index in [4.69, 9.17) is 5.26 Å². The molecule has 2 aliphatic rings. The first-order chi connectivity index (χ1) is 16.6. The molecule has 3 heteroatoms. The van der Waals surface area contributed by atoms with E-state index < -0.39 is 0 Å². The van der Waals surface area contributed by atoms with Crippen LogP contribution in [0, 0.1) is 11.3 Å². The number of piperidine rings is 2. The van der Waals surface area contributed by atoms with Gasteiger partial charge in [-0.1, -0.05) is 55.3 Å². The van der Waals surface area contributed by atoms with Gasteiger partial charge in [-0.15, -0.1) is 0 Å². The van der Waals surface area contributed by atoms with E-state index >= 15 is 0 Å². The third kappa shape index (κ3) is 6.69. The van der Waals surface area contributed by atoms with Crippen molar-refractivity contribution in [3.63, 3.8) is 0 Å². The Hall–Kier alpha value is -2.67. The number of hydrogen-bond donors (Lipinski definition) is 1. The van der Waals surface area contributed by atoms with Crippen LogP contribution in [0.4, 0.5) is 0 Å². The molecule has 0 saturated carbocycles. The molecular weight excluding hydrogens is 414 g/mol. The van der Waals surface area contributed by atoms with Gasteiger partial charge in [0.25, 0.3) is 0 Å². The summed E-state index contributed by atoms with van der Waals surface area (Å²) in [6, 6.07) is 25.0. The van der Waals surface area contributed by atoms with E-state index in [0.717, 1.165) is 30.6 Å². The molecule has 2 atom stereocenters. The Bertz CT molecular complexity index is 1090. The molecule has 2 heterocycles. The molecule has 0 aromatic heterocycles. The number of fused-ring (bicyclic) bond motifs is 1. The number of nitrogens with zero attached hydrogens (tertiary/aromatic N) is 2. The fourth-order valence-electron chi connectivity index (χ4n) is 5.16. The molecule has 0 unspecified atom stereocenters. The molecule has 178 valence electrons. The predicted molar refractivity (Wildman–Crippen MR) is 144 cm³/mol. The lowest BCUT2D eigenvalue weighted by atomic mass is 9.98. The van der Waals surface area contributed by atoms with E-state index in [0.29, 0.717) is 5.56 Å². The van der Waals surface area contributed by atoms with Crippen LogP contribution in [0.2, 0.25) is 0 Å². The summed E-state index contributed by atoms with van der Waals surface area (Å²) in [5.74, 6) is 0. The number of likely N-dealkylation sites (tertiary alicyclic amines) is 1. The fourth-order valence-corrected chi connectivity index (χ4v) is 5.16. The SMILES string of the molecule is C[C@@H]1CCCCN1.C[C@@H]1CCCCN1CCc1ccc2cc(-c3ccc(C#N)cc3)ccc2c1. The smallest absolute Gasteiger partial charge is 0.0991 e. The zero-order valence-corrected chi connectivity index (χ0v) is 20.9. The maximum Gasteiger partial charge on any atom is 0.0991 e. The highest BCUT2D eigenvalue weighted by molar-refractivity contribution is 5.87. The van der Waals surface area contributed by atoms with Gasteiger partial charge in [-0.05, 0) is 105 Å². The number of nitrogens with one attached hydrogen (secondary N) is 1. The summed E-state index contributed by atoms with van der Waals surface area (Å²) in [5.41, 5.74) is 4.47. The van der Waals surface area contributed by atoms with Crippen LogP contribution in [-0.4, -0.2) is 36.6 Å². The van der Waals surface area contributed by atoms with E-state index in [2.05, 4.69) is 66.5 Å². The first kappa shape index (κ1) is 24.5. The van der Waals surface area contributed by atoms with E-state index in [9.17, 15) is 0 Å². The Morgan fingerprint density at radius 1 is 0.853 bits per heavy atom. The normalized spacial score (nSPS) is 20.9. The standard InChI is InChI=1S/C25H26N2.C6H13N/c1-19-4-2-3-14-27(19)15-13-20-5-10-25-17-24(12-11-23(25)16-20)22-8-6-21(18-26)7-9-22;1-6-4-2-3-5-7-6/h5-12,16-17,19H,2-4,13-15H2,1H3;6-7H,2-5H2,1H3/t19-;6-/m11/s1. The molecule has 3 aromatic rings. The summed E-state index contributed by atoms with van der Waals surface area (Å²) in [7, 11) is 0. The molecule has 0 amide bonds. The van der Waals surface area contributed by atoms with Crippen molar-refractivity contribution in [1.82, 2.24) is 10.2 Å². The van der Waals surface area contributed by atoms with Gasteiger partial charge in [0.15, 0.2) is 0 Å². The minimum Gasteiger partial charge on any atom is -0.314 e. The van der Waals surface area contributed by atoms with E-state index in [-0.39, 0.29) is 0 Å². The van der Waals surface area contributed by atoms with Crippen LogP contribution in [0.25, 0.3) is 21.9 Å². The van der Waals surface area contributed by atoms with Crippen molar-refractivity contribution in [1.29, 1.82) is 5.26 Å². The number of benzene rings is 3. The Balaban J connectivity index is 0.000000336. The molecule has 5 rings (SSSR count). The van der Waals surface area contributed by atoms with Crippen molar-refractivity contribution in [3.05, 3.63) is 71.8 Å². The number of hydrogen-bond acceptors (Lipinski definition) is 3. The average Bonchev–Trinajstić information content (AvgIpc) is 2.89. The third-order valence-electron chi connectivity index (χ3n) is 7.44. The van der Waals surface area contributed by atoms with Crippen LogP contribution >= 0.6 is 0 Å². The molecule has 2 aliphatic heterocycles. The molecule has 0 aliphatic carbocycles. The maximum absolute atomic E-state index is 8.95. The lowest BCUT2D eigenvalue weighted by molar-refractivity contribution is 0.163. The Morgan fingerprint density at radius 3 is 2.26 bits per heavy atom. The second-order valence-electron chi connectivity index (χ2n) is 10.1. The fraction of sp³-hybridized carbons (Fsp3) is 0.452. The summed E-state index contributed by atoms with van der Waals surface area (Å²) in [4.78, 5) is 2.64. The quantitative estimate of drug-likeness (QED) is 0.465. The first-order valence-corrected chi connectivity index (χ1v) is 13.1. The van der Waals surface area contributed by atoms with Gasteiger partial charge < -0.3 is 10.2 Å². The predicted octanol–water partition coefficient (Wildman–Crippen LogP) is 6.94. The summed E-state index contributed by atoms with van der Waals surface area (Å²) in [6.07, 6.45) is 9.38. The van der Waals surface area contributed by atoms with Crippen molar-refractivity contribution in [2.75, 3.05) is 19.6 Å². The van der Waals surface area contributed by atoms with Gasteiger partial charge in [-0.3, -0.25) is 0 Å². The highest BCUT2D eigenvalue weighted by Gasteiger charge is 2.17. The second kappa shape index (κ2) is 12.2. The van der Waals surface area contributed by atoms with E-state index in [1.165, 1.54) is 73.5 Å². The largest absolute Gasteiger partial charge is 0.314 e. The van der Waals surface area contributed by atoms with Crippen molar-refractivity contribution < 1.29 is 0 Å². The highest BCUT2D eigenvalue weighted by Crippen LogP contribution is 2.26. The van der Waals surface area contributed by atoms with Crippen molar-refractivity contribution >= 4 is 10.8 Å². The van der Waals surface area contributed by atoms with E-state index in [1.54, 1.807) is 0 Å². The van der Waals surface area contributed by atoms with Gasteiger partial charge in [-0.25, -0.2) is 0 Å². The number of nitriles is 1. The molecule has 2 fully saturated rings. The Morgan fingerprint density at radius 2 is 1.59 bits per heavy atom. The molecule has 0 spiro atoms. The number of rotatable bonds is 4. The minimum absolute atomic E-state index is 0.701. The van der Waals surface area contributed by atoms with Crippen molar-refractivity contribution in [3.8, 4) is 17.2 Å². The summed E-state index contributed by atoms with van der Waals surface area (Å²) in [5, 5.41) is 14.9. The summed E-state index contributed by atoms with van der Waals surface area (Å²) in [6.45, 7) is 8.27. The van der Waals surface area contributed by atoms with Crippen LogP contribution in [0.3, 0.4) is 0 Å². The van der Waals surface area contributed by atoms with Gasteiger partial charge in [0, 0.05) is 18.6 Å². The molecule has 0 bridgehead atoms. The van der Waals surface area contributed by atoms with Gasteiger partial charge >= 0.3 is 0 Å². The van der Waals surface area contributed by atoms with Crippen LogP contribution < -0.4 is 5.32 Å². The van der Waals surface area contributed by atoms with Gasteiger partial charge in [-0.2, -0.15) is 5.26 Å². The van der Waals surface area contributed by atoms with Gasteiger partial charge in [0.1, 0.15) is 0 Å². The Kier molecular flexibility index (Phi) is 8.74. The average molecular weight is 454 g/mol. The van der Waals surface area contributed by atoms with E-state index in [1.807, 2.05) is 24.3 Å². The van der Waals surface area contributed by atoms with Crippen LogP contribution in [0.15, 0.2) is 60.7 Å². The highest BCUT2D eigenvalue weighted by atomic mass is 15.1. The molecule has 34 heavy (non-hydrogen) atoms. The molecule has 1 N–H and O–H groups in total. The molecule has 3 nitrogen and oxygen atoms in total. The zero-order valence-electron chi connectivity index (χ0n) is 20.9. The van der Waals surface area contributed by atoms with Crippen LogP contribution in [-0.2, 0) is 6.42 Å². The molecule has 3 aromatic carbocycles. The molecule has 2 saturated heterocycles. The first-order valence-electron chi connectivity index (χ1n) is 13.1. The topological polar surface area (TPSA) is 39.1 Å².